The third kappa shape index (κ3) is 52.8. The highest BCUT2D eigenvalue weighted by molar-refractivity contribution is 5.71. The summed E-state index contributed by atoms with van der Waals surface area (Å²) in [6, 6.07) is 0. The Morgan fingerprint density at radius 2 is 0.574 bits per heavy atom. The molecule has 0 amide bonds. The minimum atomic E-state index is -0.812. The zero-order chi connectivity index (χ0) is 49.3. The molecule has 0 aromatic rings. The van der Waals surface area contributed by atoms with Crippen LogP contribution in [0.15, 0.2) is 122 Å². The van der Waals surface area contributed by atoms with Crippen LogP contribution in [-0.2, 0) is 28.6 Å². The zero-order valence-corrected chi connectivity index (χ0v) is 43.8. The van der Waals surface area contributed by atoms with Crippen LogP contribution in [0.2, 0.25) is 0 Å². The summed E-state index contributed by atoms with van der Waals surface area (Å²) in [5.41, 5.74) is 0. The van der Waals surface area contributed by atoms with Gasteiger partial charge >= 0.3 is 17.9 Å². The highest BCUT2D eigenvalue weighted by Crippen LogP contribution is 2.13. The minimum Gasteiger partial charge on any atom is -0.462 e. The lowest BCUT2D eigenvalue weighted by atomic mass is 10.1. The highest BCUT2D eigenvalue weighted by atomic mass is 16.6. The summed E-state index contributed by atoms with van der Waals surface area (Å²) in [6.07, 6.45) is 76.1. The predicted octanol–water partition coefficient (Wildman–Crippen LogP) is 18.5. The van der Waals surface area contributed by atoms with E-state index in [2.05, 4.69) is 142 Å². The van der Waals surface area contributed by atoms with Gasteiger partial charge in [-0.2, -0.15) is 0 Å². The molecule has 0 N–H and O–H groups in total. The van der Waals surface area contributed by atoms with Gasteiger partial charge in [-0.15, -0.1) is 0 Å². The van der Waals surface area contributed by atoms with E-state index in [-0.39, 0.29) is 37.5 Å². The summed E-state index contributed by atoms with van der Waals surface area (Å²) in [6.45, 7) is 6.31. The molecular weight excluding hydrogens is 841 g/mol. The van der Waals surface area contributed by atoms with Crippen LogP contribution < -0.4 is 0 Å². The number of carbonyl (C=O) groups excluding carboxylic acids is 3. The molecule has 0 aliphatic rings. The average Bonchev–Trinajstić information content (AvgIpc) is 3.34. The molecule has 68 heavy (non-hydrogen) atoms. The molecule has 384 valence electrons. The normalized spacial score (nSPS) is 13.0. The van der Waals surface area contributed by atoms with Crippen LogP contribution in [0.1, 0.15) is 233 Å². The Bertz CT molecular complexity index is 1450. The summed E-state index contributed by atoms with van der Waals surface area (Å²) in [5.74, 6) is -0.975. The molecule has 0 aromatic carbocycles. The Morgan fingerprint density at radius 1 is 0.309 bits per heavy atom. The van der Waals surface area contributed by atoms with Crippen molar-refractivity contribution < 1.29 is 28.6 Å². The lowest BCUT2D eigenvalue weighted by Gasteiger charge is -2.18. The van der Waals surface area contributed by atoms with Crippen LogP contribution in [0.25, 0.3) is 0 Å². The molecule has 0 spiro atoms. The van der Waals surface area contributed by atoms with Gasteiger partial charge in [-0.05, 0) is 122 Å². The van der Waals surface area contributed by atoms with Gasteiger partial charge in [0, 0.05) is 19.3 Å². The minimum absolute atomic E-state index is 0.107. The standard InChI is InChI=1S/C62H100O6/c1-4-7-10-13-16-19-22-25-28-29-30-31-32-33-35-37-40-43-46-49-52-55-61(64)67-58-59(57-66-60(63)54-51-48-45-42-39-36-27-24-21-18-15-12-9-6-3)68-62(65)56-53-50-47-44-41-38-34-26-23-20-17-14-11-8-5-2/h7-8,10-11,15-20,24-28,30-31,34,41,44,59H,4-6,9,12-14,21-23,29,32-33,35-40,42-43,45-58H2,1-3H3/b10-7-,11-8-,18-15-,19-16-,20-17-,27-24-,28-25-,31-30-,34-26-,44-41-. The summed E-state index contributed by atoms with van der Waals surface area (Å²) >= 11 is 0. The number of rotatable bonds is 48. The number of ether oxygens (including phenoxy) is 3. The van der Waals surface area contributed by atoms with E-state index in [1.807, 2.05) is 0 Å². The van der Waals surface area contributed by atoms with Crippen LogP contribution in [-0.4, -0.2) is 37.2 Å². The molecular formula is C62H100O6. The molecule has 6 nitrogen and oxygen atoms in total. The smallest absolute Gasteiger partial charge is 0.306 e. The van der Waals surface area contributed by atoms with E-state index in [1.165, 1.54) is 51.4 Å². The van der Waals surface area contributed by atoms with E-state index in [4.69, 9.17) is 14.2 Å². The fraction of sp³-hybridized carbons (Fsp3) is 0.629. The molecule has 6 heteroatoms. The number of unbranched alkanes of at least 4 members (excludes halogenated alkanes) is 17. The Hall–Kier alpha value is -4.19. The number of hydrogen-bond acceptors (Lipinski definition) is 6. The molecule has 0 radical (unpaired) electrons. The summed E-state index contributed by atoms with van der Waals surface area (Å²) in [4.78, 5) is 38.1. The van der Waals surface area contributed by atoms with Crippen LogP contribution in [0.4, 0.5) is 0 Å². The van der Waals surface area contributed by atoms with Crippen molar-refractivity contribution in [1.29, 1.82) is 0 Å². The Labute approximate surface area is 418 Å². The van der Waals surface area contributed by atoms with Gasteiger partial charge in [-0.25, -0.2) is 0 Å². The van der Waals surface area contributed by atoms with Crippen LogP contribution in [0, 0.1) is 0 Å². The Balaban J connectivity index is 4.46. The van der Waals surface area contributed by atoms with E-state index in [1.54, 1.807) is 0 Å². The van der Waals surface area contributed by atoms with E-state index in [0.29, 0.717) is 19.3 Å². The van der Waals surface area contributed by atoms with Gasteiger partial charge in [0.2, 0.25) is 0 Å². The van der Waals surface area contributed by atoms with Crippen LogP contribution in [0.3, 0.4) is 0 Å². The second kappa shape index (κ2) is 55.4. The maximum Gasteiger partial charge on any atom is 0.306 e. The number of allylic oxidation sites excluding steroid dienone is 20. The van der Waals surface area contributed by atoms with Crippen molar-refractivity contribution in [3.63, 3.8) is 0 Å². The quantitative estimate of drug-likeness (QED) is 0.0262. The first-order chi connectivity index (χ1) is 33.5. The topological polar surface area (TPSA) is 78.9 Å². The Morgan fingerprint density at radius 3 is 0.926 bits per heavy atom. The van der Waals surface area contributed by atoms with Gasteiger partial charge in [0.1, 0.15) is 13.2 Å². The summed E-state index contributed by atoms with van der Waals surface area (Å²) < 4.78 is 16.8. The van der Waals surface area contributed by atoms with Gasteiger partial charge < -0.3 is 14.2 Å². The van der Waals surface area contributed by atoms with Crippen LogP contribution >= 0.6 is 0 Å². The molecule has 1 atom stereocenters. The highest BCUT2D eigenvalue weighted by Gasteiger charge is 2.19. The third-order valence-electron chi connectivity index (χ3n) is 11.2. The van der Waals surface area contributed by atoms with Gasteiger partial charge in [-0.3, -0.25) is 14.4 Å². The molecule has 0 heterocycles. The van der Waals surface area contributed by atoms with Crippen molar-refractivity contribution in [3.8, 4) is 0 Å². The van der Waals surface area contributed by atoms with Gasteiger partial charge in [0.25, 0.3) is 0 Å². The lowest BCUT2D eigenvalue weighted by molar-refractivity contribution is -0.167. The van der Waals surface area contributed by atoms with Gasteiger partial charge in [-0.1, -0.05) is 213 Å². The largest absolute Gasteiger partial charge is 0.462 e. The first-order valence-corrected chi connectivity index (χ1v) is 27.5. The summed E-state index contributed by atoms with van der Waals surface area (Å²) in [7, 11) is 0. The van der Waals surface area contributed by atoms with E-state index in [0.717, 1.165) is 135 Å². The Kier molecular flexibility index (Phi) is 52.0. The number of carbonyl (C=O) groups is 3. The number of hydrogen-bond donors (Lipinski definition) is 0. The van der Waals surface area contributed by atoms with Crippen molar-refractivity contribution in [1.82, 2.24) is 0 Å². The van der Waals surface area contributed by atoms with Crippen molar-refractivity contribution in [2.24, 2.45) is 0 Å². The molecule has 0 fully saturated rings. The maximum absolute atomic E-state index is 12.8. The van der Waals surface area contributed by atoms with Gasteiger partial charge in [0.05, 0.1) is 0 Å². The second-order valence-corrected chi connectivity index (χ2v) is 17.7. The summed E-state index contributed by atoms with van der Waals surface area (Å²) in [5, 5.41) is 0. The zero-order valence-electron chi connectivity index (χ0n) is 43.8. The SMILES string of the molecule is CC/C=C\C/C=C\C/C=C\C/C=C\CCCCCCCCCCC(=O)OCC(COC(=O)CCCCCCC/C=C\C/C=C\CCCC)OC(=O)CCCC/C=C\C/C=C\C/C=C\C/C=C\CC. The van der Waals surface area contributed by atoms with E-state index in [9.17, 15) is 14.4 Å². The maximum atomic E-state index is 12.8. The van der Waals surface area contributed by atoms with Gasteiger partial charge in [0.15, 0.2) is 6.10 Å². The molecule has 0 bridgehead atoms. The molecule has 0 aliphatic heterocycles. The molecule has 0 aromatic heterocycles. The van der Waals surface area contributed by atoms with Crippen molar-refractivity contribution >= 4 is 17.9 Å². The molecule has 0 aliphatic carbocycles. The van der Waals surface area contributed by atoms with E-state index < -0.39 is 6.10 Å². The van der Waals surface area contributed by atoms with Crippen molar-refractivity contribution in [2.75, 3.05) is 13.2 Å². The molecule has 0 saturated carbocycles. The predicted molar refractivity (Wildman–Crippen MR) is 293 cm³/mol. The average molecular weight is 941 g/mol. The first-order valence-electron chi connectivity index (χ1n) is 27.5. The molecule has 0 saturated heterocycles. The third-order valence-corrected chi connectivity index (χ3v) is 11.2. The first kappa shape index (κ1) is 63.8. The second-order valence-electron chi connectivity index (χ2n) is 17.7. The fourth-order valence-electron chi connectivity index (χ4n) is 7.09. The monoisotopic (exact) mass is 941 g/mol. The van der Waals surface area contributed by atoms with E-state index >= 15 is 0 Å². The van der Waals surface area contributed by atoms with Crippen LogP contribution in [0.5, 0.6) is 0 Å². The molecule has 0 rings (SSSR count). The lowest BCUT2D eigenvalue weighted by Crippen LogP contribution is -2.30. The van der Waals surface area contributed by atoms with Crippen molar-refractivity contribution in [3.05, 3.63) is 122 Å². The number of esters is 3. The molecule has 1 unspecified atom stereocenters. The van der Waals surface area contributed by atoms with Crippen molar-refractivity contribution in [2.45, 2.75) is 239 Å². The fourth-order valence-corrected chi connectivity index (χ4v) is 7.09.